The number of nitrogens with zero attached hydrogens (tertiary/aromatic N) is 6. The average Bonchev–Trinajstić information content (AvgIpc) is 0.700. The molecule has 0 atom stereocenters. The molecule has 0 N–H and O–H groups in total. The summed E-state index contributed by atoms with van der Waals surface area (Å²) in [5.74, 6) is 0. The van der Waals surface area contributed by atoms with Crippen LogP contribution in [-0.2, 0) is 0 Å². The molecule has 0 bridgehead atoms. The molecule has 9 heteroatoms. The second kappa shape index (κ2) is 21.1. The first-order valence-corrected chi connectivity index (χ1v) is 29.7. The molecule has 0 unspecified atom stereocenters. The molecular formula is C78H57B2FN6. The van der Waals surface area contributed by atoms with E-state index in [1.54, 1.807) is 0 Å². The highest BCUT2D eigenvalue weighted by Crippen LogP contribution is 2.52. The zero-order valence-electron chi connectivity index (χ0n) is 48.4. The van der Waals surface area contributed by atoms with Crippen LogP contribution in [-0.4, -0.2) is 14.9 Å². The maximum Gasteiger partial charge on any atom is 0.269 e. The minimum atomic E-state index is -0.147. The van der Waals surface area contributed by atoms with Gasteiger partial charge in [0.2, 0.25) is 0 Å². The summed E-state index contributed by atoms with van der Waals surface area (Å²) in [6.45, 7) is -0.295. The molecule has 17 rings (SSSR count). The Kier molecular flexibility index (Phi) is 12.2. The lowest BCUT2D eigenvalue weighted by Crippen LogP contribution is -2.65. The number of hydrogen-bond acceptors (Lipinski definition) is 6. The van der Waals surface area contributed by atoms with Gasteiger partial charge in [-0.2, -0.15) is 0 Å². The summed E-state index contributed by atoms with van der Waals surface area (Å²) >= 11 is 0. The van der Waals surface area contributed by atoms with E-state index in [1.807, 2.05) is 0 Å². The summed E-state index contributed by atoms with van der Waals surface area (Å²) in [6.07, 6.45) is 0. The van der Waals surface area contributed by atoms with Crippen LogP contribution in [0.5, 0.6) is 0 Å². The van der Waals surface area contributed by atoms with Crippen LogP contribution in [0.25, 0.3) is 0 Å². The van der Waals surface area contributed by atoms with Gasteiger partial charge in [0.05, 0.1) is 11.4 Å². The third kappa shape index (κ3) is 8.26. The maximum atomic E-state index is 8.75. The van der Waals surface area contributed by atoms with E-state index >= 15 is 0 Å². The molecule has 0 amide bonds. The Morgan fingerprint density at radius 3 is 0.759 bits per heavy atom. The number of anilines is 18. The third-order valence-corrected chi connectivity index (χ3v) is 17.7. The molecule has 0 aliphatic carbocycles. The predicted molar refractivity (Wildman–Crippen MR) is 368 cm³/mol. The number of fused-ring (bicyclic) bond motifs is 8. The summed E-state index contributed by atoms with van der Waals surface area (Å²) in [7, 11) is 0. The molecule has 412 valence electrons. The Bertz CT molecular complexity index is 4320. The topological polar surface area (TPSA) is 19.4 Å². The van der Waals surface area contributed by atoms with Crippen molar-refractivity contribution in [2.45, 2.75) is 0 Å². The molecule has 0 aromatic heterocycles. The molecule has 13 aromatic carbocycles. The molecule has 0 radical (unpaired) electrons. The smallest absolute Gasteiger partial charge is 0.269 e. The van der Waals surface area contributed by atoms with Crippen molar-refractivity contribution in [2.75, 3.05) is 29.4 Å². The van der Waals surface area contributed by atoms with Gasteiger partial charge in [0.15, 0.2) is 0 Å². The van der Waals surface area contributed by atoms with Crippen LogP contribution in [0.15, 0.2) is 328 Å². The fourth-order valence-electron chi connectivity index (χ4n) is 14.2. The van der Waals surface area contributed by atoms with E-state index in [0.29, 0.717) is 0 Å². The second-order valence-corrected chi connectivity index (χ2v) is 22.4. The minimum absolute atomic E-state index is 0. The van der Waals surface area contributed by atoms with E-state index in [2.05, 4.69) is 358 Å². The van der Waals surface area contributed by atoms with E-state index < -0.39 is 0 Å². The maximum absolute atomic E-state index is 8.75. The van der Waals surface area contributed by atoms with E-state index in [9.17, 15) is 0 Å². The molecule has 4 heterocycles. The minimum Gasteiger partial charge on any atom is -0.311 e. The largest absolute Gasteiger partial charge is 0.311 e. The Hall–Kier alpha value is -11.3. The highest BCUT2D eigenvalue weighted by Gasteiger charge is 2.49. The van der Waals surface area contributed by atoms with Crippen molar-refractivity contribution in [3.63, 3.8) is 0 Å². The van der Waals surface area contributed by atoms with Gasteiger partial charge in [0.25, 0.3) is 14.9 Å². The van der Waals surface area contributed by atoms with Gasteiger partial charge in [-0.15, -0.1) is 0 Å². The van der Waals surface area contributed by atoms with Gasteiger partial charge in [-0.1, -0.05) is 188 Å². The molecule has 87 heavy (non-hydrogen) atoms. The monoisotopic (exact) mass is 1120 g/mol. The van der Waals surface area contributed by atoms with E-state index in [0.717, 1.165) is 102 Å². The second-order valence-electron chi connectivity index (χ2n) is 22.4. The fourth-order valence-corrected chi connectivity index (χ4v) is 14.2. The van der Waals surface area contributed by atoms with Crippen LogP contribution in [0.3, 0.4) is 0 Å². The average molecular weight is 1120 g/mol. The number of halogens is 1. The van der Waals surface area contributed by atoms with Gasteiger partial charge < -0.3 is 29.4 Å². The lowest BCUT2D eigenvalue weighted by atomic mass is 9.30. The van der Waals surface area contributed by atoms with Crippen LogP contribution in [0.2, 0.25) is 0 Å². The number of hydrogen-bond donors (Lipinski definition) is 0. The van der Waals surface area contributed by atoms with E-state index in [4.69, 9.17) is 4.72 Å². The zero-order valence-corrected chi connectivity index (χ0v) is 47.4. The quantitative estimate of drug-likeness (QED) is 0.126. The summed E-state index contributed by atoms with van der Waals surface area (Å²) in [6, 6.07) is 120. The summed E-state index contributed by atoms with van der Waals surface area (Å²) in [5, 5.41) is 0. The molecule has 0 fully saturated rings. The molecule has 0 spiro atoms. The summed E-state index contributed by atoms with van der Waals surface area (Å²) in [5.41, 5.74) is 27.5. The Labute approximate surface area is 510 Å². The Morgan fingerprint density at radius 2 is 0.471 bits per heavy atom. The molecule has 13 aromatic rings. The van der Waals surface area contributed by atoms with Crippen molar-refractivity contribution >= 4 is 149 Å². The Morgan fingerprint density at radius 1 is 0.230 bits per heavy atom. The van der Waals surface area contributed by atoms with Crippen LogP contribution < -0.4 is 62.2 Å². The van der Waals surface area contributed by atoms with Gasteiger partial charge >= 0.3 is 0 Å². The number of benzene rings is 13. The summed E-state index contributed by atoms with van der Waals surface area (Å²) < 4.78 is 13.0. The molecule has 0 saturated heterocycles. The van der Waals surface area contributed by atoms with Gasteiger partial charge in [-0.05, 0) is 172 Å². The van der Waals surface area contributed by atoms with Crippen molar-refractivity contribution in [1.82, 2.24) is 0 Å². The van der Waals surface area contributed by atoms with Crippen molar-refractivity contribution in [2.24, 2.45) is 0 Å². The van der Waals surface area contributed by atoms with Crippen molar-refractivity contribution in [1.29, 1.82) is 1.45 Å². The van der Waals surface area contributed by atoms with E-state index in [1.165, 1.54) is 32.8 Å². The molecule has 0 saturated carbocycles. The summed E-state index contributed by atoms with van der Waals surface area (Å²) in [4.78, 5) is 15.0. The number of rotatable bonds is 10. The van der Waals surface area contributed by atoms with Crippen LogP contribution in [0.1, 0.15) is 1.43 Å². The first-order chi connectivity index (χ1) is 43.7. The van der Waals surface area contributed by atoms with Crippen molar-refractivity contribution < 1.29 is 6.14 Å². The normalized spacial score (nSPS) is 12.9. The van der Waals surface area contributed by atoms with Gasteiger partial charge in [-0.3, -0.25) is 4.72 Å². The first-order valence-electron chi connectivity index (χ1n) is 30.0. The van der Waals surface area contributed by atoms with Crippen LogP contribution in [0, 0.1) is 0 Å². The lowest BCUT2D eigenvalue weighted by Gasteiger charge is -2.47. The number of para-hydroxylation sites is 10. The predicted octanol–water partition coefficient (Wildman–Crippen LogP) is 17.2. The molecular weight excluding hydrogens is 1060 g/mol. The fraction of sp³-hybridized carbons (Fsp3) is 0. The van der Waals surface area contributed by atoms with Crippen molar-refractivity contribution in [3.8, 4) is 0 Å². The highest BCUT2D eigenvalue weighted by atomic mass is 19.0. The molecule has 6 nitrogen and oxygen atoms in total. The van der Waals surface area contributed by atoms with Crippen molar-refractivity contribution in [3.05, 3.63) is 328 Å². The van der Waals surface area contributed by atoms with E-state index in [-0.39, 0.29) is 14.9 Å². The van der Waals surface area contributed by atoms with Crippen LogP contribution in [0.4, 0.5) is 107 Å². The highest BCUT2D eigenvalue weighted by molar-refractivity contribution is 7.03. The third-order valence-electron chi connectivity index (χ3n) is 17.7. The van der Waals surface area contributed by atoms with Gasteiger partial charge in [-0.25, -0.2) is 0 Å². The standard InChI is InChI=1S/C78H54B2N6.FH.H2/c1-9-29-55(30-10-1)81(56-31-11-2-12-32-56)63-49-73-77-75(51-63)85(61-41-21-7-22-42-61)71-54-72-68(53-67(71)79(77)65-45-25-27-47-69(65)83(73)59-37-17-5-18-38-59)80-66-46-26-28-48-70(66)84(60-39-19-6-20-40-60)74-50-64(52-76(78(74)80)86(72)62-43-23-8-24-44-62)82(57-33-13-3-14-34-57)58-35-15-4-16-36-58;;/h1-54H;2*1H/i;;1+1/hD. The Balaban J connectivity index is 0.00000219. The zero-order chi connectivity index (χ0) is 58.7. The SMILES string of the molecule is [2HH].[2H]F.c1ccc(N(c2ccccc2)c2cc3c4c(c2)N(c2ccccc2)c2cc5c(cc2B4c2ccccc2N3c2ccccc2)B2c3ccccc3N(c3ccccc3)c3cc(N(c4ccccc4)c4ccccc4)cc(c32)N5c2ccccc2)cc1. The molecule has 4 aliphatic heterocycles. The van der Waals surface area contributed by atoms with Gasteiger partial charge in [0.1, 0.15) is 0 Å². The first kappa shape index (κ1) is 50.3. The van der Waals surface area contributed by atoms with Gasteiger partial charge in [0, 0.05) is 92.4 Å². The lowest BCUT2D eigenvalue weighted by molar-refractivity contribution is 1.11. The molecule has 4 aliphatic rings. The van der Waals surface area contributed by atoms with Crippen LogP contribution >= 0.6 is 0 Å².